The van der Waals surface area contributed by atoms with Crippen LogP contribution in [0.5, 0.6) is 0 Å². The number of carbonyl (C=O) groups excluding carboxylic acids is 1. The molecule has 0 spiro atoms. The summed E-state index contributed by atoms with van der Waals surface area (Å²) in [4.78, 5) is 11.9. The van der Waals surface area contributed by atoms with Gasteiger partial charge in [0.15, 0.2) is 0 Å². The molecule has 0 radical (unpaired) electrons. The van der Waals surface area contributed by atoms with Crippen molar-refractivity contribution in [1.29, 1.82) is 0 Å². The first-order valence-corrected chi connectivity index (χ1v) is 21.9. The van der Waals surface area contributed by atoms with E-state index in [9.17, 15) is 4.79 Å². The van der Waals surface area contributed by atoms with Crippen LogP contribution in [0.1, 0.15) is 179 Å². The molecule has 1 aliphatic rings. The van der Waals surface area contributed by atoms with Gasteiger partial charge >= 0.3 is 6.09 Å². The molecule has 1 unspecified atom stereocenters. The Morgan fingerprint density at radius 1 is 0.839 bits per heavy atom. The Balaban J connectivity index is 1.67. The Hall–Kier alpha value is -2.61. The van der Waals surface area contributed by atoms with Gasteiger partial charge in [-0.3, -0.25) is 0 Å². The van der Waals surface area contributed by atoms with Gasteiger partial charge in [0.25, 0.3) is 0 Å². The van der Waals surface area contributed by atoms with E-state index in [4.69, 9.17) is 24.7 Å². The number of alkyl carbamates (subject to hydrolysis) is 1. The number of anilines is 1. The minimum atomic E-state index is -0.493. The molecule has 56 heavy (non-hydrogen) atoms. The number of nitrogen functional groups attached to an aromatic ring is 1. The highest BCUT2D eigenvalue weighted by atomic mass is 16.6. The summed E-state index contributed by atoms with van der Waals surface area (Å²) in [5.74, 6) is 0.779. The van der Waals surface area contributed by atoms with Gasteiger partial charge in [0.1, 0.15) is 5.60 Å². The van der Waals surface area contributed by atoms with E-state index in [1.54, 1.807) is 11.1 Å². The molecule has 0 fully saturated rings. The Kier molecular flexibility index (Phi) is 21.0. The molecule has 320 valence electrons. The smallest absolute Gasteiger partial charge is 0.407 e. The predicted octanol–water partition coefficient (Wildman–Crippen LogP) is 13.2. The third kappa shape index (κ3) is 22.4. The summed E-state index contributed by atoms with van der Waals surface area (Å²) in [7, 11) is 0. The van der Waals surface area contributed by atoms with Crippen molar-refractivity contribution < 1.29 is 23.7 Å². The fourth-order valence-electron chi connectivity index (χ4n) is 7.12. The fourth-order valence-corrected chi connectivity index (χ4v) is 7.12. The van der Waals surface area contributed by atoms with Crippen LogP contribution in [0.15, 0.2) is 59.7 Å². The molecule has 0 aromatic heterocycles. The molecule has 0 bridgehead atoms. The van der Waals surface area contributed by atoms with Crippen LogP contribution in [0.4, 0.5) is 10.5 Å². The molecule has 2 rings (SSSR count). The van der Waals surface area contributed by atoms with Crippen molar-refractivity contribution in [2.75, 3.05) is 32.1 Å². The van der Waals surface area contributed by atoms with E-state index in [1.165, 1.54) is 44.9 Å². The second-order valence-corrected chi connectivity index (χ2v) is 19.6. The molecule has 7 nitrogen and oxygen atoms in total. The zero-order valence-corrected chi connectivity index (χ0v) is 38.0. The maximum atomic E-state index is 11.9. The van der Waals surface area contributed by atoms with Gasteiger partial charge in [-0.05, 0) is 175 Å². The first-order valence-electron chi connectivity index (χ1n) is 21.9. The van der Waals surface area contributed by atoms with E-state index in [1.807, 2.05) is 45.0 Å². The number of carbonyl (C=O) groups is 1. The normalized spacial score (nSPS) is 16.5. The maximum Gasteiger partial charge on any atom is 0.407 e. The Morgan fingerprint density at radius 2 is 1.50 bits per heavy atom. The molecule has 3 N–H and O–H groups in total. The van der Waals surface area contributed by atoms with E-state index in [0.29, 0.717) is 19.8 Å². The number of nitrogens with two attached hydrogens (primary N) is 1. The molecular formula is C49H84N2O5. The van der Waals surface area contributed by atoms with Crippen molar-refractivity contribution in [3.8, 4) is 0 Å². The predicted molar refractivity (Wildman–Crippen MR) is 237 cm³/mol. The molecule has 0 saturated heterocycles. The largest absolute Gasteiger partial charge is 0.444 e. The summed E-state index contributed by atoms with van der Waals surface area (Å²) in [6.45, 7) is 27.9. The third-order valence-electron chi connectivity index (χ3n) is 10.9. The molecule has 1 aromatic carbocycles. The van der Waals surface area contributed by atoms with Crippen molar-refractivity contribution in [3.05, 3.63) is 65.3 Å². The monoisotopic (exact) mass is 781 g/mol. The number of amides is 1. The fraction of sp³-hybridized carbons (Fsp3) is 0.735. The van der Waals surface area contributed by atoms with Gasteiger partial charge in [-0.2, -0.15) is 0 Å². The second kappa shape index (κ2) is 23.7. The van der Waals surface area contributed by atoms with Crippen LogP contribution in [0.25, 0.3) is 0 Å². The van der Waals surface area contributed by atoms with Crippen LogP contribution >= 0.6 is 0 Å². The molecule has 1 amide bonds. The van der Waals surface area contributed by atoms with E-state index in [2.05, 4.69) is 91.9 Å². The van der Waals surface area contributed by atoms with Gasteiger partial charge in [-0.15, -0.1) is 0 Å². The van der Waals surface area contributed by atoms with Gasteiger partial charge in [0.2, 0.25) is 0 Å². The molecule has 0 aliphatic heterocycles. The summed E-state index contributed by atoms with van der Waals surface area (Å²) >= 11 is 0. The van der Waals surface area contributed by atoms with Crippen molar-refractivity contribution >= 4 is 11.8 Å². The van der Waals surface area contributed by atoms with Gasteiger partial charge in [0, 0.05) is 25.4 Å². The zero-order valence-electron chi connectivity index (χ0n) is 38.0. The van der Waals surface area contributed by atoms with Crippen molar-refractivity contribution in [3.63, 3.8) is 0 Å². The van der Waals surface area contributed by atoms with Crippen molar-refractivity contribution in [1.82, 2.24) is 5.32 Å². The highest BCUT2D eigenvalue weighted by Crippen LogP contribution is 2.32. The zero-order chi connectivity index (χ0) is 41.9. The summed E-state index contributed by atoms with van der Waals surface area (Å²) in [5.41, 5.74) is 9.73. The van der Waals surface area contributed by atoms with Gasteiger partial charge in [-0.1, -0.05) is 74.8 Å². The number of allylic oxidation sites excluding steroid dienone is 6. The van der Waals surface area contributed by atoms with E-state index < -0.39 is 5.60 Å². The molecule has 0 heterocycles. The molecule has 1 aliphatic carbocycles. The Bertz CT molecular complexity index is 1360. The lowest BCUT2D eigenvalue weighted by atomic mass is 9.88. The molecule has 1 atom stereocenters. The van der Waals surface area contributed by atoms with Gasteiger partial charge < -0.3 is 30.0 Å². The summed E-state index contributed by atoms with van der Waals surface area (Å²) in [6, 6.07) is 7.96. The lowest BCUT2D eigenvalue weighted by Crippen LogP contribution is -2.36. The first kappa shape index (κ1) is 49.5. The van der Waals surface area contributed by atoms with Crippen LogP contribution in [0, 0.1) is 11.3 Å². The Morgan fingerprint density at radius 3 is 2.18 bits per heavy atom. The van der Waals surface area contributed by atoms with Crippen molar-refractivity contribution in [2.45, 2.75) is 195 Å². The van der Waals surface area contributed by atoms with E-state index in [0.717, 1.165) is 68.7 Å². The molecule has 7 heteroatoms. The number of benzene rings is 1. The number of hydrogen-bond donors (Lipinski definition) is 2. The summed E-state index contributed by atoms with van der Waals surface area (Å²) in [6.07, 6.45) is 25.0. The number of ether oxygens (including phenoxy) is 4. The number of rotatable bonds is 25. The number of unbranched alkanes of at least 4 members (excludes halogenated alkanes) is 1. The number of hydrogen-bond acceptors (Lipinski definition) is 6. The third-order valence-corrected chi connectivity index (χ3v) is 10.9. The minimum Gasteiger partial charge on any atom is -0.444 e. The highest BCUT2D eigenvalue weighted by Gasteiger charge is 2.25. The van der Waals surface area contributed by atoms with E-state index >= 15 is 0 Å². The maximum absolute atomic E-state index is 11.9. The molecular weight excluding hydrogens is 697 g/mol. The average molecular weight is 781 g/mol. The van der Waals surface area contributed by atoms with Crippen LogP contribution in [-0.2, 0) is 24.5 Å². The van der Waals surface area contributed by atoms with E-state index in [-0.39, 0.29) is 28.3 Å². The average Bonchev–Trinajstić information content (AvgIpc) is 3.30. The Labute approximate surface area is 344 Å². The standard InChI is InChI=1S/C49H84N2O5/c1-13-19-40(20-15-14-16-30-46(5,6)32-36-54-47(7,8)31-34-51-44(52)56-45(2,3)4)38-41-22-17-21-39(24-25-41)23-18-35-53-48(9,10)33-37-55-49(11,12)42-26-28-43(50)29-27-42/h16,20-21,26-30,41H,13-15,17-19,22-25,31-38,50H2,1-12H3,(H,51,52)/b30-16+,40-20+. The number of nitrogens with one attached hydrogen (secondary N) is 1. The van der Waals surface area contributed by atoms with Crippen LogP contribution in [-0.4, -0.2) is 49.3 Å². The van der Waals surface area contributed by atoms with Gasteiger partial charge in [-0.25, -0.2) is 4.79 Å². The van der Waals surface area contributed by atoms with Gasteiger partial charge in [0.05, 0.1) is 23.4 Å². The molecule has 0 saturated carbocycles. The quantitative estimate of drug-likeness (QED) is 0.0583. The SMILES string of the molecule is CCC/C(=C\CC/C=C/C(C)(C)CCOC(C)(C)CCNC(=O)OC(C)(C)C)CC1CCC=C(CCCOC(C)(C)CCOC(C)(C)c2ccc(N)cc2)CC1. The van der Waals surface area contributed by atoms with Crippen LogP contribution < -0.4 is 11.1 Å². The van der Waals surface area contributed by atoms with Crippen molar-refractivity contribution in [2.24, 2.45) is 11.3 Å². The minimum absolute atomic E-state index is 0.0691. The topological polar surface area (TPSA) is 92.0 Å². The second-order valence-electron chi connectivity index (χ2n) is 19.6. The summed E-state index contributed by atoms with van der Waals surface area (Å²) in [5, 5.41) is 2.84. The lowest BCUT2D eigenvalue weighted by Gasteiger charge is -2.30. The van der Waals surface area contributed by atoms with Crippen LogP contribution in [0.3, 0.4) is 0 Å². The first-order chi connectivity index (χ1) is 26.1. The van der Waals surface area contributed by atoms with Crippen LogP contribution in [0.2, 0.25) is 0 Å². The highest BCUT2D eigenvalue weighted by molar-refractivity contribution is 5.67. The molecule has 1 aromatic rings. The summed E-state index contributed by atoms with van der Waals surface area (Å²) < 4.78 is 24.2. The lowest BCUT2D eigenvalue weighted by molar-refractivity contribution is -0.0748.